The summed E-state index contributed by atoms with van der Waals surface area (Å²) in [4.78, 5) is 13.7. The normalized spacial score (nSPS) is 11.0. The van der Waals surface area contributed by atoms with Gasteiger partial charge in [0.05, 0.1) is 0 Å². The van der Waals surface area contributed by atoms with Crippen LogP contribution in [0.4, 0.5) is 14.6 Å². The Kier molecular flexibility index (Phi) is 2.55. The van der Waals surface area contributed by atoms with Crippen LogP contribution in [0.2, 0.25) is 0 Å². The monoisotopic (exact) mass is 186 g/mol. The molecule has 0 atom stereocenters. The maximum atomic E-state index is 12.7. The molecule has 0 aromatic carbocycles. The summed E-state index contributed by atoms with van der Waals surface area (Å²) in [7, 11) is 0. The highest BCUT2D eigenvalue weighted by Crippen LogP contribution is 2.27. The van der Waals surface area contributed by atoms with Gasteiger partial charge in [-0.2, -0.15) is 0 Å². The number of alkyl halides is 2. The van der Waals surface area contributed by atoms with E-state index in [0.29, 0.717) is 6.41 Å². The van der Waals surface area contributed by atoms with E-state index in [1.165, 1.54) is 12.3 Å². The molecule has 0 saturated carbocycles. The number of aromatic nitrogens is 1. The molecule has 1 heterocycles. The zero-order valence-corrected chi connectivity index (χ0v) is 6.92. The van der Waals surface area contributed by atoms with Gasteiger partial charge in [0.1, 0.15) is 5.82 Å². The van der Waals surface area contributed by atoms with Gasteiger partial charge in [-0.3, -0.25) is 4.79 Å². The largest absolute Gasteiger partial charge is 0.313 e. The number of nitrogens with zero attached hydrogens (tertiary/aromatic N) is 1. The molecule has 5 heteroatoms. The van der Waals surface area contributed by atoms with E-state index in [4.69, 9.17) is 0 Å². The average molecular weight is 186 g/mol. The number of rotatable bonds is 3. The van der Waals surface area contributed by atoms with Crippen LogP contribution in [0.3, 0.4) is 0 Å². The fourth-order valence-corrected chi connectivity index (χ4v) is 0.843. The first-order valence-corrected chi connectivity index (χ1v) is 3.58. The van der Waals surface area contributed by atoms with Crippen molar-refractivity contribution in [2.45, 2.75) is 12.8 Å². The first-order chi connectivity index (χ1) is 6.04. The highest BCUT2D eigenvalue weighted by atomic mass is 19.3. The van der Waals surface area contributed by atoms with Crippen LogP contribution < -0.4 is 5.32 Å². The summed E-state index contributed by atoms with van der Waals surface area (Å²) >= 11 is 0. The number of hydrogen-bond donors (Lipinski definition) is 1. The second-order valence-corrected chi connectivity index (χ2v) is 2.58. The molecule has 70 valence electrons. The number of carbonyl (C=O) groups excluding carboxylic acids is 1. The molecule has 13 heavy (non-hydrogen) atoms. The molecule has 0 spiro atoms. The van der Waals surface area contributed by atoms with Crippen LogP contribution in [0.1, 0.15) is 12.5 Å². The maximum Gasteiger partial charge on any atom is 0.270 e. The number of pyridine rings is 1. The van der Waals surface area contributed by atoms with Gasteiger partial charge in [0.25, 0.3) is 5.92 Å². The fourth-order valence-electron chi connectivity index (χ4n) is 0.843. The van der Waals surface area contributed by atoms with E-state index in [9.17, 15) is 13.6 Å². The van der Waals surface area contributed by atoms with E-state index in [2.05, 4.69) is 10.3 Å². The zero-order chi connectivity index (χ0) is 9.90. The van der Waals surface area contributed by atoms with Gasteiger partial charge < -0.3 is 5.32 Å². The molecular weight excluding hydrogens is 178 g/mol. The third kappa shape index (κ3) is 2.47. The number of amides is 1. The topological polar surface area (TPSA) is 42.0 Å². The third-order valence-electron chi connectivity index (χ3n) is 1.47. The van der Waals surface area contributed by atoms with Crippen molar-refractivity contribution in [2.24, 2.45) is 0 Å². The van der Waals surface area contributed by atoms with E-state index in [1.54, 1.807) is 0 Å². The zero-order valence-electron chi connectivity index (χ0n) is 6.92. The van der Waals surface area contributed by atoms with Gasteiger partial charge in [0.2, 0.25) is 6.41 Å². The number of hydrogen-bond acceptors (Lipinski definition) is 2. The lowest BCUT2D eigenvalue weighted by atomic mass is 10.1. The molecule has 1 N–H and O–H groups in total. The summed E-state index contributed by atoms with van der Waals surface area (Å²) in [6, 6.07) is 2.34. The predicted molar refractivity (Wildman–Crippen MR) is 43.5 cm³/mol. The molecule has 1 aromatic heterocycles. The third-order valence-corrected chi connectivity index (χ3v) is 1.47. The van der Waals surface area contributed by atoms with Crippen molar-refractivity contribution in [2.75, 3.05) is 5.32 Å². The standard InChI is InChI=1S/C8H8F2N2O/c1-8(9,10)6-2-3-11-7(4-6)12-5-13/h2-5H,1H3,(H,11,12,13). The highest BCUT2D eigenvalue weighted by Gasteiger charge is 2.24. The van der Waals surface area contributed by atoms with Gasteiger partial charge >= 0.3 is 0 Å². The van der Waals surface area contributed by atoms with E-state index in [1.807, 2.05) is 0 Å². The van der Waals surface area contributed by atoms with Crippen LogP contribution >= 0.6 is 0 Å². The highest BCUT2D eigenvalue weighted by molar-refractivity contribution is 5.68. The van der Waals surface area contributed by atoms with Crippen molar-refractivity contribution in [3.63, 3.8) is 0 Å². The number of halogens is 2. The first-order valence-electron chi connectivity index (χ1n) is 3.58. The second kappa shape index (κ2) is 3.47. The lowest BCUT2D eigenvalue weighted by Gasteiger charge is -2.10. The van der Waals surface area contributed by atoms with Gasteiger partial charge in [0.15, 0.2) is 0 Å². The second-order valence-electron chi connectivity index (χ2n) is 2.58. The summed E-state index contributed by atoms with van der Waals surface area (Å²) in [6.07, 6.45) is 1.61. The van der Waals surface area contributed by atoms with Crippen LogP contribution in [0.5, 0.6) is 0 Å². The van der Waals surface area contributed by atoms with E-state index in [0.717, 1.165) is 13.0 Å². The molecular formula is C8H8F2N2O. The van der Waals surface area contributed by atoms with Crippen LogP contribution in [-0.2, 0) is 10.7 Å². The van der Waals surface area contributed by atoms with Crippen molar-refractivity contribution in [1.82, 2.24) is 4.98 Å². The molecule has 1 aromatic rings. The summed E-state index contributed by atoms with van der Waals surface area (Å²) in [6.45, 7) is 0.785. The van der Waals surface area contributed by atoms with Crippen LogP contribution in [0.15, 0.2) is 18.3 Å². The van der Waals surface area contributed by atoms with Crippen LogP contribution in [0, 0.1) is 0 Å². The van der Waals surface area contributed by atoms with E-state index < -0.39 is 5.92 Å². The Labute approximate surface area is 73.8 Å². The Bertz CT molecular complexity index is 309. The fraction of sp³-hybridized carbons (Fsp3) is 0.250. The van der Waals surface area contributed by atoms with E-state index >= 15 is 0 Å². The minimum atomic E-state index is -2.91. The average Bonchev–Trinajstić information content (AvgIpc) is 2.04. The van der Waals surface area contributed by atoms with Gasteiger partial charge in [0, 0.05) is 18.7 Å². The molecule has 0 fully saturated rings. The molecule has 0 aliphatic carbocycles. The molecule has 0 aliphatic rings. The van der Waals surface area contributed by atoms with E-state index in [-0.39, 0.29) is 11.4 Å². The van der Waals surface area contributed by atoms with Crippen LogP contribution in [-0.4, -0.2) is 11.4 Å². The molecule has 0 aliphatic heterocycles. The molecule has 1 amide bonds. The van der Waals surface area contributed by atoms with Gasteiger partial charge in [-0.25, -0.2) is 13.8 Å². The Morgan fingerprint density at radius 3 is 2.85 bits per heavy atom. The lowest BCUT2D eigenvalue weighted by Crippen LogP contribution is -2.08. The molecule has 0 unspecified atom stereocenters. The SMILES string of the molecule is CC(F)(F)c1ccnc(NC=O)c1. The lowest BCUT2D eigenvalue weighted by molar-refractivity contribution is -0.105. The molecule has 0 bridgehead atoms. The summed E-state index contributed by atoms with van der Waals surface area (Å²) in [5.41, 5.74) is -0.174. The Morgan fingerprint density at radius 1 is 1.62 bits per heavy atom. The maximum absolute atomic E-state index is 12.7. The molecule has 0 radical (unpaired) electrons. The van der Waals surface area contributed by atoms with Gasteiger partial charge in [-0.05, 0) is 12.1 Å². The number of nitrogens with one attached hydrogen (secondary N) is 1. The minimum Gasteiger partial charge on any atom is -0.313 e. The summed E-state index contributed by atoms with van der Waals surface area (Å²) < 4.78 is 25.5. The van der Waals surface area contributed by atoms with Crippen molar-refractivity contribution in [3.8, 4) is 0 Å². The van der Waals surface area contributed by atoms with Crippen LogP contribution in [0.25, 0.3) is 0 Å². The first kappa shape index (κ1) is 9.57. The molecule has 0 saturated heterocycles. The van der Waals surface area contributed by atoms with Crippen molar-refractivity contribution in [1.29, 1.82) is 0 Å². The molecule has 3 nitrogen and oxygen atoms in total. The predicted octanol–water partition coefficient (Wildman–Crippen LogP) is 1.76. The Balaban J connectivity index is 2.98. The Hall–Kier alpha value is -1.52. The summed E-state index contributed by atoms with van der Waals surface area (Å²) in [5.74, 6) is -2.79. The number of carbonyl (C=O) groups is 1. The Morgan fingerprint density at radius 2 is 2.31 bits per heavy atom. The number of anilines is 1. The smallest absolute Gasteiger partial charge is 0.270 e. The molecule has 1 rings (SSSR count). The van der Waals surface area contributed by atoms with Crippen molar-refractivity contribution in [3.05, 3.63) is 23.9 Å². The van der Waals surface area contributed by atoms with Crippen molar-refractivity contribution < 1.29 is 13.6 Å². The van der Waals surface area contributed by atoms with Gasteiger partial charge in [-0.15, -0.1) is 0 Å². The quantitative estimate of drug-likeness (QED) is 0.731. The summed E-state index contributed by atoms with van der Waals surface area (Å²) in [5, 5.41) is 2.19. The van der Waals surface area contributed by atoms with Crippen molar-refractivity contribution >= 4 is 12.2 Å². The van der Waals surface area contributed by atoms with Gasteiger partial charge in [-0.1, -0.05) is 0 Å². The minimum absolute atomic E-state index is 0.119.